The summed E-state index contributed by atoms with van der Waals surface area (Å²) in [7, 11) is 0. The lowest BCUT2D eigenvalue weighted by Gasteiger charge is -2.12. The Kier molecular flexibility index (Phi) is 6.17. The molecule has 4 rings (SSSR count). The van der Waals surface area contributed by atoms with Crippen molar-refractivity contribution in [3.8, 4) is 0 Å². The van der Waals surface area contributed by atoms with E-state index in [4.69, 9.17) is 16.6 Å². The van der Waals surface area contributed by atoms with Gasteiger partial charge in [-0.1, -0.05) is 49.2 Å². The lowest BCUT2D eigenvalue weighted by molar-refractivity contribution is 0.675. The molecule has 3 aromatic heterocycles. The lowest BCUT2D eigenvalue weighted by atomic mass is 10.1. The number of nitrogens with zero attached hydrogens (tertiary/aromatic N) is 5. The van der Waals surface area contributed by atoms with Crippen LogP contribution < -0.4 is 0 Å². The molecule has 148 valence electrons. The largest absolute Gasteiger partial charge is 0.324 e. The molecule has 0 aliphatic heterocycles. The number of imidazole rings is 1. The van der Waals surface area contributed by atoms with Crippen molar-refractivity contribution < 1.29 is 0 Å². The lowest BCUT2D eigenvalue weighted by Crippen LogP contribution is -2.08. The van der Waals surface area contributed by atoms with Gasteiger partial charge in [-0.15, -0.1) is 21.5 Å². The third-order valence-electron chi connectivity index (χ3n) is 4.67. The van der Waals surface area contributed by atoms with E-state index in [1.807, 2.05) is 35.8 Å². The molecule has 0 atom stereocenters. The summed E-state index contributed by atoms with van der Waals surface area (Å²) in [6.45, 7) is 2.85. The monoisotopic (exact) mass is 424 g/mol. The average molecular weight is 425 g/mol. The number of aromatic nitrogens is 6. The van der Waals surface area contributed by atoms with Gasteiger partial charge in [0, 0.05) is 21.9 Å². The molecule has 3 heterocycles. The third-order valence-corrected chi connectivity index (χ3v) is 5.95. The van der Waals surface area contributed by atoms with Crippen molar-refractivity contribution in [2.24, 2.45) is 0 Å². The van der Waals surface area contributed by atoms with E-state index in [9.17, 15) is 0 Å². The summed E-state index contributed by atoms with van der Waals surface area (Å²) in [5, 5.41) is 17.5. The van der Waals surface area contributed by atoms with Gasteiger partial charge in [-0.25, -0.2) is 4.98 Å². The summed E-state index contributed by atoms with van der Waals surface area (Å²) in [6.07, 6.45) is 7.12. The first-order valence-electron chi connectivity index (χ1n) is 9.53. The van der Waals surface area contributed by atoms with Crippen molar-refractivity contribution in [1.29, 1.82) is 0 Å². The number of aromatic amines is 1. The zero-order chi connectivity index (χ0) is 20.1. The standard InChI is InChI=1S/C21H21ClN6S/c1-2-3-10-20-23-13-16(28(20)14-15-7-4-5-8-18(15)22)12-17(19-9-6-11-29-19)21-24-26-27-25-21/h4-9,11-13H,2-3,10,14H2,1H3,(H,24,25,26,27). The first-order valence-corrected chi connectivity index (χ1v) is 10.8. The number of aryl methyl sites for hydroxylation is 1. The molecule has 0 spiro atoms. The summed E-state index contributed by atoms with van der Waals surface area (Å²) in [5.74, 6) is 1.62. The summed E-state index contributed by atoms with van der Waals surface area (Å²) < 4.78 is 2.23. The summed E-state index contributed by atoms with van der Waals surface area (Å²) in [6, 6.07) is 12.0. The number of benzene rings is 1. The van der Waals surface area contributed by atoms with Crippen molar-refractivity contribution in [2.45, 2.75) is 32.7 Å². The van der Waals surface area contributed by atoms with Crippen LogP contribution in [0.4, 0.5) is 0 Å². The van der Waals surface area contributed by atoms with Crippen LogP contribution in [0.5, 0.6) is 0 Å². The molecule has 1 N–H and O–H groups in total. The molecule has 8 heteroatoms. The molecule has 0 bridgehead atoms. The van der Waals surface area contributed by atoms with Crippen LogP contribution in [-0.4, -0.2) is 30.2 Å². The second kappa shape index (κ2) is 9.15. The average Bonchev–Trinajstić information content (AvgIpc) is 3.49. The van der Waals surface area contributed by atoms with E-state index in [0.717, 1.165) is 51.8 Å². The topological polar surface area (TPSA) is 72.3 Å². The maximum absolute atomic E-state index is 6.44. The van der Waals surface area contributed by atoms with Gasteiger partial charge >= 0.3 is 0 Å². The highest BCUT2D eigenvalue weighted by atomic mass is 35.5. The van der Waals surface area contributed by atoms with E-state index in [-0.39, 0.29) is 0 Å². The fourth-order valence-electron chi connectivity index (χ4n) is 3.16. The van der Waals surface area contributed by atoms with Crippen LogP contribution in [0.25, 0.3) is 11.6 Å². The number of hydrogen-bond donors (Lipinski definition) is 1. The number of tetrazole rings is 1. The number of thiophene rings is 1. The van der Waals surface area contributed by atoms with Gasteiger partial charge in [-0.2, -0.15) is 5.21 Å². The van der Waals surface area contributed by atoms with Gasteiger partial charge in [0.2, 0.25) is 5.82 Å². The number of unbranched alkanes of at least 4 members (excludes halogenated alkanes) is 1. The molecule has 1 aromatic carbocycles. The molecule has 0 saturated carbocycles. The molecule has 4 aromatic rings. The van der Waals surface area contributed by atoms with Gasteiger partial charge in [-0.3, -0.25) is 0 Å². The molecular weight excluding hydrogens is 404 g/mol. The third kappa shape index (κ3) is 4.46. The van der Waals surface area contributed by atoms with E-state index in [2.05, 4.69) is 50.3 Å². The van der Waals surface area contributed by atoms with Crippen LogP contribution >= 0.6 is 22.9 Å². The van der Waals surface area contributed by atoms with E-state index in [1.165, 1.54) is 0 Å². The van der Waals surface area contributed by atoms with E-state index < -0.39 is 0 Å². The number of rotatable bonds is 8. The van der Waals surface area contributed by atoms with Crippen molar-refractivity contribution in [3.63, 3.8) is 0 Å². The van der Waals surface area contributed by atoms with Gasteiger partial charge in [0.1, 0.15) is 5.82 Å². The van der Waals surface area contributed by atoms with Gasteiger partial charge in [0.05, 0.1) is 18.4 Å². The number of halogens is 1. The maximum atomic E-state index is 6.44. The minimum Gasteiger partial charge on any atom is -0.324 e. The van der Waals surface area contributed by atoms with Gasteiger partial charge < -0.3 is 4.57 Å². The predicted molar refractivity (Wildman–Crippen MR) is 117 cm³/mol. The Morgan fingerprint density at radius 1 is 1.24 bits per heavy atom. The highest BCUT2D eigenvalue weighted by Gasteiger charge is 2.15. The van der Waals surface area contributed by atoms with Gasteiger partial charge in [0.15, 0.2) is 0 Å². The van der Waals surface area contributed by atoms with Crippen LogP contribution in [0.3, 0.4) is 0 Å². The predicted octanol–water partition coefficient (Wildman–Crippen LogP) is 5.09. The van der Waals surface area contributed by atoms with Crippen LogP contribution in [0.2, 0.25) is 5.02 Å². The van der Waals surface area contributed by atoms with Crippen molar-refractivity contribution in [2.75, 3.05) is 0 Å². The Morgan fingerprint density at radius 2 is 2.14 bits per heavy atom. The van der Waals surface area contributed by atoms with Gasteiger partial charge in [-0.05, 0) is 40.8 Å². The zero-order valence-corrected chi connectivity index (χ0v) is 17.6. The SMILES string of the molecule is CCCCc1ncc(C=C(c2nn[nH]n2)c2cccs2)n1Cc1ccccc1Cl. The fourth-order valence-corrected chi connectivity index (χ4v) is 4.09. The minimum absolute atomic E-state index is 0.563. The normalized spacial score (nSPS) is 11.9. The van der Waals surface area contributed by atoms with Crippen LogP contribution in [0.1, 0.15) is 47.5 Å². The Balaban J connectivity index is 1.79. The maximum Gasteiger partial charge on any atom is 0.206 e. The molecule has 0 aliphatic rings. The van der Waals surface area contributed by atoms with Crippen LogP contribution in [0, 0.1) is 0 Å². The van der Waals surface area contributed by atoms with E-state index in [1.54, 1.807) is 11.3 Å². The molecular formula is C21H21ClN6S. The van der Waals surface area contributed by atoms with Crippen molar-refractivity contribution >= 4 is 34.6 Å². The molecule has 29 heavy (non-hydrogen) atoms. The second-order valence-electron chi connectivity index (χ2n) is 6.65. The Morgan fingerprint density at radius 3 is 2.86 bits per heavy atom. The quantitative estimate of drug-likeness (QED) is 0.427. The highest BCUT2D eigenvalue weighted by Crippen LogP contribution is 2.28. The number of hydrogen-bond acceptors (Lipinski definition) is 5. The molecule has 0 amide bonds. The summed E-state index contributed by atoms with van der Waals surface area (Å²) in [4.78, 5) is 5.79. The summed E-state index contributed by atoms with van der Waals surface area (Å²) in [5.41, 5.74) is 2.97. The first-order chi connectivity index (χ1) is 14.3. The minimum atomic E-state index is 0.563. The van der Waals surface area contributed by atoms with Gasteiger partial charge in [0.25, 0.3) is 0 Å². The van der Waals surface area contributed by atoms with Crippen molar-refractivity contribution in [1.82, 2.24) is 30.2 Å². The number of H-pyrrole nitrogens is 1. The molecule has 0 saturated heterocycles. The highest BCUT2D eigenvalue weighted by molar-refractivity contribution is 7.11. The first kappa shape index (κ1) is 19.5. The molecule has 0 fully saturated rings. The molecule has 6 nitrogen and oxygen atoms in total. The fraction of sp³-hybridized carbons (Fsp3) is 0.238. The van der Waals surface area contributed by atoms with Crippen LogP contribution in [-0.2, 0) is 13.0 Å². The molecule has 0 radical (unpaired) electrons. The van der Waals surface area contributed by atoms with Crippen LogP contribution in [0.15, 0.2) is 48.0 Å². The Hall–Kier alpha value is -2.77. The Labute approximate surface area is 178 Å². The molecule has 0 aliphatic carbocycles. The van der Waals surface area contributed by atoms with E-state index >= 15 is 0 Å². The van der Waals surface area contributed by atoms with Crippen molar-refractivity contribution in [3.05, 3.63) is 80.8 Å². The number of nitrogens with one attached hydrogen (secondary N) is 1. The smallest absolute Gasteiger partial charge is 0.206 e. The summed E-state index contributed by atoms with van der Waals surface area (Å²) >= 11 is 8.08. The Bertz CT molecular complexity index is 1050. The zero-order valence-electron chi connectivity index (χ0n) is 16.0. The van der Waals surface area contributed by atoms with E-state index in [0.29, 0.717) is 12.4 Å². The molecule has 0 unspecified atom stereocenters. The second-order valence-corrected chi connectivity index (χ2v) is 8.01.